The van der Waals surface area contributed by atoms with Gasteiger partial charge in [-0.05, 0) is 25.6 Å². The van der Waals surface area contributed by atoms with E-state index in [0.29, 0.717) is 11.7 Å². The fourth-order valence-corrected chi connectivity index (χ4v) is 0.753. The molecule has 4 heteroatoms. The molecule has 60 valence electrons. The SMILES string of the molecule is CCOC(CC)NC(N)=S. The number of ether oxygens (including phenoxy) is 1. The smallest absolute Gasteiger partial charge is 0.165 e. The zero-order chi connectivity index (χ0) is 7.98. The molecule has 0 heterocycles. The van der Waals surface area contributed by atoms with Gasteiger partial charge in [-0.3, -0.25) is 0 Å². The Morgan fingerprint density at radius 1 is 1.70 bits per heavy atom. The number of rotatable bonds is 4. The van der Waals surface area contributed by atoms with Crippen molar-refractivity contribution in [3.05, 3.63) is 0 Å². The van der Waals surface area contributed by atoms with Crippen LogP contribution in [0.2, 0.25) is 0 Å². The van der Waals surface area contributed by atoms with E-state index in [1.807, 2.05) is 13.8 Å². The highest BCUT2D eigenvalue weighted by molar-refractivity contribution is 7.80. The van der Waals surface area contributed by atoms with Crippen molar-refractivity contribution < 1.29 is 4.74 Å². The maximum atomic E-state index is 5.24. The van der Waals surface area contributed by atoms with Gasteiger partial charge in [0.15, 0.2) is 5.11 Å². The van der Waals surface area contributed by atoms with Crippen molar-refractivity contribution in [1.82, 2.24) is 5.32 Å². The summed E-state index contributed by atoms with van der Waals surface area (Å²) in [6, 6.07) is 0. The molecule has 0 amide bonds. The van der Waals surface area contributed by atoms with E-state index in [4.69, 9.17) is 10.5 Å². The van der Waals surface area contributed by atoms with E-state index in [9.17, 15) is 0 Å². The molecule has 0 rings (SSSR count). The van der Waals surface area contributed by atoms with Gasteiger partial charge in [-0.2, -0.15) is 0 Å². The number of hydrogen-bond donors (Lipinski definition) is 2. The predicted octanol–water partition coefficient (Wildman–Crippen LogP) is 0.592. The number of nitrogens with two attached hydrogens (primary N) is 1. The summed E-state index contributed by atoms with van der Waals surface area (Å²) in [4.78, 5) is 0. The van der Waals surface area contributed by atoms with E-state index in [0.717, 1.165) is 6.42 Å². The van der Waals surface area contributed by atoms with Crippen LogP contribution in [0.1, 0.15) is 20.3 Å². The van der Waals surface area contributed by atoms with Crippen molar-refractivity contribution in [2.75, 3.05) is 6.61 Å². The summed E-state index contributed by atoms with van der Waals surface area (Å²) in [7, 11) is 0. The molecule has 1 atom stereocenters. The van der Waals surface area contributed by atoms with Crippen molar-refractivity contribution in [3.63, 3.8) is 0 Å². The van der Waals surface area contributed by atoms with Gasteiger partial charge in [0.1, 0.15) is 6.23 Å². The lowest BCUT2D eigenvalue weighted by Gasteiger charge is -2.15. The summed E-state index contributed by atoms with van der Waals surface area (Å²) >= 11 is 4.64. The lowest BCUT2D eigenvalue weighted by atomic mass is 10.4. The third-order valence-corrected chi connectivity index (χ3v) is 1.16. The molecule has 10 heavy (non-hydrogen) atoms. The normalized spacial score (nSPS) is 12.6. The zero-order valence-corrected chi connectivity index (χ0v) is 7.20. The Balaban J connectivity index is 3.49. The van der Waals surface area contributed by atoms with Crippen LogP contribution in [0, 0.1) is 0 Å². The highest BCUT2D eigenvalue weighted by atomic mass is 32.1. The van der Waals surface area contributed by atoms with Crippen LogP contribution in [0.5, 0.6) is 0 Å². The predicted molar refractivity (Wildman–Crippen MR) is 45.6 cm³/mol. The van der Waals surface area contributed by atoms with E-state index in [-0.39, 0.29) is 6.23 Å². The lowest BCUT2D eigenvalue weighted by Crippen LogP contribution is -2.39. The highest BCUT2D eigenvalue weighted by Gasteiger charge is 2.02. The molecule has 0 bridgehead atoms. The Hall–Kier alpha value is -0.350. The Kier molecular flexibility index (Phi) is 5.25. The molecule has 0 aliphatic heterocycles. The molecule has 0 saturated carbocycles. The molecule has 3 nitrogen and oxygen atoms in total. The van der Waals surface area contributed by atoms with Crippen LogP contribution in [-0.2, 0) is 4.74 Å². The average molecular weight is 162 g/mol. The zero-order valence-electron chi connectivity index (χ0n) is 6.39. The third-order valence-electron chi connectivity index (χ3n) is 1.04. The average Bonchev–Trinajstić information content (AvgIpc) is 1.86. The van der Waals surface area contributed by atoms with Gasteiger partial charge >= 0.3 is 0 Å². The summed E-state index contributed by atoms with van der Waals surface area (Å²) in [5.41, 5.74) is 5.24. The van der Waals surface area contributed by atoms with Gasteiger partial charge in [-0.25, -0.2) is 0 Å². The molecule has 0 aliphatic rings. The topological polar surface area (TPSA) is 47.3 Å². The van der Waals surface area contributed by atoms with Crippen LogP contribution >= 0.6 is 12.2 Å². The minimum absolute atomic E-state index is 0.0255. The van der Waals surface area contributed by atoms with E-state index < -0.39 is 0 Å². The summed E-state index contributed by atoms with van der Waals surface area (Å²) in [5, 5.41) is 3.11. The molecular formula is C6H14N2OS. The maximum absolute atomic E-state index is 5.24. The minimum atomic E-state index is -0.0255. The summed E-state index contributed by atoms with van der Waals surface area (Å²) < 4.78 is 5.22. The van der Waals surface area contributed by atoms with Crippen molar-refractivity contribution >= 4 is 17.3 Å². The van der Waals surface area contributed by atoms with E-state index in [1.165, 1.54) is 0 Å². The van der Waals surface area contributed by atoms with Gasteiger partial charge in [0.2, 0.25) is 0 Å². The van der Waals surface area contributed by atoms with E-state index in [2.05, 4.69) is 17.5 Å². The number of thiocarbonyl (C=S) groups is 1. The molecule has 0 spiro atoms. The Morgan fingerprint density at radius 3 is 2.60 bits per heavy atom. The van der Waals surface area contributed by atoms with E-state index in [1.54, 1.807) is 0 Å². The molecule has 0 radical (unpaired) electrons. The quantitative estimate of drug-likeness (QED) is 0.469. The number of hydrogen-bond acceptors (Lipinski definition) is 2. The van der Waals surface area contributed by atoms with Crippen LogP contribution in [0.25, 0.3) is 0 Å². The second kappa shape index (κ2) is 5.44. The van der Waals surface area contributed by atoms with Crippen molar-refractivity contribution in [1.29, 1.82) is 0 Å². The summed E-state index contributed by atoms with van der Waals surface area (Å²) in [6.07, 6.45) is 0.841. The molecule has 3 N–H and O–H groups in total. The minimum Gasteiger partial charge on any atom is -0.376 e. The largest absolute Gasteiger partial charge is 0.376 e. The summed E-state index contributed by atoms with van der Waals surface area (Å²) in [6.45, 7) is 4.61. The Bertz CT molecular complexity index is 108. The van der Waals surface area contributed by atoms with Crippen LogP contribution < -0.4 is 11.1 Å². The molecule has 0 fully saturated rings. The number of nitrogens with one attached hydrogen (secondary N) is 1. The van der Waals surface area contributed by atoms with Crippen LogP contribution in [0.15, 0.2) is 0 Å². The van der Waals surface area contributed by atoms with Gasteiger partial charge in [-0.1, -0.05) is 6.92 Å². The van der Waals surface area contributed by atoms with Crippen molar-refractivity contribution in [2.45, 2.75) is 26.5 Å². The van der Waals surface area contributed by atoms with Gasteiger partial charge in [-0.15, -0.1) is 0 Å². The second-order valence-corrected chi connectivity index (χ2v) is 2.30. The molecule has 0 aliphatic carbocycles. The van der Waals surface area contributed by atoms with Gasteiger partial charge in [0, 0.05) is 6.61 Å². The first-order valence-electron chi connectivity index (χ1n) is 3.38. The molecular weight excluding hydrogens is 148 g/mol. The Morgan fingerprint density at radius 2 is 2.30 bits per heavy atom. The van der Waals surface area contributed by atoms with Crippen LogP contribution in [-0.4, -0.2) is 17.9 Å². The second-order valence-electron chi connectivity index (χ2n) is 1.86. The first-order valence-corrected chi connectivity index (χ1v) is 3.79. The first-order chi connectivity index (χ1) is 4.70. The third kappa shape index (κ3) is 4.52. The monoisotopic (exact) mass is 162 g/mol. The van der Waals surface area contributed by atoms with Crippen LogP contribution in [0.4, 0.5) is 0 Å². The van der Waals surface area contributed by atoms with Crippen LogP contribution in [0.3, 0.4) is 0 Å². The molecule has 0 saturated heterocycles. The summed E-state index contributed by atoms with van der Waals surface area (Å²) in [5.74, 6) is 0. The molecule has 0 aromatic carbocycles. The maximum Gasteiger partial charge on any atom is 0.165 e. The molecule has 0 aromatic heterocycles. The van der Waals surface area contributed by atoms with Crippen molar-refractivity contribution in [3.8, 4) is 0 Å². The molecule has 1 unspecified atom stereocenters. The highest BCUT2D eigenvalue weighted by Crippen LogP contribution is 1.91. The Labute approximate surface area is 66.9 Å². The first kappa shape index (κ1) is 9.65. The molecule has 0 aromatic rings. The lowest BCUT2D eigenvalue weighted by molar-refractivity contribution is 0.0502. The van der Waals surface area contributed by atoms with E-state index >= 15 is 0 Å². The fraction of sp³-hybridized carbons (Fsp3) is 0.833. The standard InChI is InChI=1S/C6H14N2OS/c1-3-5(9-4-2)8-6(7)10/h5H,3-4H2,1-2H3,(H3,7,8,10). The van der Waals surface area contributed by atoms with Gasteiger partial charge < -0.3 is 15.8 Å². The fourth-order valence-electron chi connectivity index (χ4n) is 0.621. The van der Waals surface area contributed by atoms with Gasteiger partial charge in [0.25, 0.3) is 0 Å². The van der Waals surface area contributed by atoms with Crippen molar-refractivity contribution in [2.24, 2.45) is 5.73 Å². The van der Waals surface area contributed by atoms with Gasteiger partial charge in [0.05, 0.1) is 0 Å².